The SMILES string of the molecule is CN(C)C(=O)c1cc(NC(=O)CCCCCCN)ccc1Cl. The molecule has 0 radical (unpaired) electrons. The van der Waals surface area contributed by atoms with E-state index in [1.54, 1.807) is 32.3 Å². The van der Waals surface area contributed by atoms with Gasteiger partial charge in [-0.1, -0.05) is 24.4 Å². The Morgan fingerprint density at radius 3 is 2.50 bits per heavy atom. The lowest BCUT2D eigenvalue weighted by Crippen LogP contribution is -2.22. The molecule has 0 aliphatic rings. The summed E-state index contributed by atoms with van der Waals surface area (Å²) in [5, 5.41) is 3.17. The third-order valence-corrected chi connectivity index (χ3v) is 3.57. The van der Waals surface area contributed by atoms with Gasteiger partial charge in [0, 0.05) is 26.2 Å². The minimum Gasteiger partial charge on any atom is -0.345 e. The zero-order valence-electron chi connectivity index (χ0n) is 13.2. The molecular weight excluding hydrogens is 302 g/mol. The Balaban J connectivity index is 2.57. The molecule has 0 spiro atoms. The number of carbonyl (C=O) groups excluding carboxylic acids is 2. The molecule has 0 saturated heterocycles. The number of carbonyl (C=O) groups is 2. The fourth-order valence-corrected chi connectivity index (χ4v) is 2.21. The van der Waals surface area contributed by atoms with Gasteiger partial charge in [-0.05, 0) is 37.6 Å². The molecule has 3 N–H and O–H groups in total. The molecule has 122 valence electrons. The number of benzene rings is 1. The lowest BCUT2D eigenvalue weighted by molar-refractivity contribution is -0.116. The Morgan fingerprint density at radius 2 is 1.86 bits per heavy atom. The van der Waals surface area contributed by atoms with Gasteiger partial charge < -0.3 is 16.0 Å². The van der Waals surface area contributed by atoms with Gasteiger partial charge in [0.05, 0.1) is 10.6 Å². The van der Waals surface area contributed by atoms with Crippen LogP contribution in [-0.2, 0) is 4.79 Å². The molecule has 1 aromatic rings. The molecule has 2 amide bonds. The normalized spacial score (nSPS) is 10.4. The Kier molecular flexibility index (Phi) is 7.91. The van der Waals surface area contributed by atoms with E-state index in [2.05, 4.69) is 5.32 Å². The minimum atomic E-state index is -0.192. The molecule has 0 atom stereocenters. The Bertz CT molecular complexity index is 518. The van der Waals surface area contributed by atoms with Crippen molar-refractivity contribution < 1.29 is 9.59 Å². The summed E-state index contributed by atoms with van der Waals surface area (Å²) in [7, 11) is 3.32. The van der Waals surface area contributed by atoms with Crippen LogP contribution in [0.5, 0.6) is 0 Å². The first-order valence-corrected chi connectivity index (χ1v) is 7.84. The third kappa shape index (κ3) is 6.03. The van der Waals surface area contributed by atoms with Crippen LogP contribution in [0, 0.1) is 0 Å². The second kappa shape index (κ2) is 9.43. The van der Waals surface area contributed by atoms with Crippen LogP contribution in [0.2, 0.25) is 5.02 Å². The van der Waals surface area contributed by atoms with E-state index in [4.69, 9.17) is 17.3 Å². The lowest BCUT2D eigenvalue weighted by atomic mass is 10.1. The molecular formula is C16H24ClN3O2. The summed E-state index contributed by atoms with van der Waals surface area (Å²) >= 11 is 6.03. The largest absolute Gasteiger partial charge is 0.345 e. The third-order valence-electron chi connectivity index (χ3n) is 3.24. The molecule has 0 heterocycles. The Morgan fingerprint density at radius 1 is 1.18 bits per heavy atom. The number of unbranched alkanes of at least 4 members (excludes halogenated alkanes) is 3. The summed E-state index contributed by atoms with van der Waals surface area (Å²) in [6.45, 7) is 0.694. The molecule has 1 rings (SSSR count). The van der Waals surface area contributed by atoms with E-state index in [0.717, 1.165) is 25.7 Å². The monoisotopic (exact) mass is 325 g/mol. The van der Waals surface area contributed by atoms with Crippen molar-refractivity contribution in [2.45, 2.75) is 32.1 Å². The summed E-state index contributed by atoms with van der Waals surface area (Å²) in [5.74, 6) is -0.249. The van der Waals surface area contributed by atoms with Crippen molar-refractivity contribution in [2.75, 3.05) is 26.0 Å². The second-order valence-corrected chi connectivity index (χ2v) is 5.80. The zero-order chi connectivity index (χ0) is 16.5. The lowest BCUT2D eigenvalue weighted by Gasteiger charge is -2.13. The summed E-state index contributed by atoms with van der Waals surface area (Å²) < 4.78 is 0. The van der Waals surface area contributed by atoms with Crippen molar-refractivity contribution in [1.29, 1.82) is 0 Å². The predicted octanol–water partition coefficient (Wildman–Crippen LogP) is 2.89. The fraction of sp³-hybridized carbons (Fsp3) is 0.500. The van der Waals surface area contributed by atoms with E-state index in [1.165, 1.54) is 4.90 Å². The van der Waals surface area contributed by atoms with Crippen LogP contribution in [0.4, 0.5) is 5.69 Å². The quantitative estimate of drug-likeness (QED) is 0.722. The summed E-state index contributed by atoms with van der Waals surface area (Å²) in [5.41, 5.74) is 6.39. The van der Waals surface area contributed by atoms with Crippen LogP contribution >= 0.6 is 11.6 Å². The first kappa shape index (κ1) is 18.5. The Hall–Kier alpha value is -1.59. The molecule has 0 aliphatic carbocycles. The average molecular weight is 326 g/mol. The fourth-order valence-electron chi connectivity index (χ4n) is 2.01. The number of nitrogens with zero attached hydrogens (tertiary/aromatic N) is 1. The van der Waals surface area contributed by atoms with Gasteiger partial charge in [-0.25, -0.2) is 0 Å². The van der Waals surface area contributed by atoms with Gasteiger partial charge in [-0.3, -0.25) is 9.59 Å². The molecule has 0 saturated carbocycles. The number of hydrogen-bond donors (Lipinski definition) is 2. The molecule has 1 aromatic carbocycles. The van der Waals surface area contributed by atoms with Crippen molar-refractivity contribution >= 4 is 29.1 Å². The van der Waals surface area contributed by atoms with Crippen LogP contribution in [-0.4, -0.2) is 37.4 Å². The number of amides is 2. The van der Waals surface area contributed by atoms with Crippen LogP contribution < -0.4 is 11.1 Å². The van der Waals surface area contributed by atoms with Crippen LogP contribution in [0.1, 0.15) is 42.5 Å². The van der Waals surface area contributed by atoms with Gasteiger partial charge in [0.15, 0.2) is 0 Å². The van der Waals surface area contributed by atoms with E-state index in [-0.39, 0.29) is 11.8 Å². The minimum absolute atomic E-state index is 0.0571. The number of nitrogens with two attached hydrogens (primary N) is 1. The van der Waals surface area contributed by atoms with Crippen molar-refractivity contribution in [3.63, 3.8) is 0 Å². The van der Waals surface area contributed by atoms with E-state index in [9.17, 15) is 9.59 Å². The van der Waals surface area contributed by atoms with E-state index < -0.39 is 0 Å². The molecule has 0 fully saturated rings. The second-order valence-electron chi connectivity index (χ2n) is 5.40. The van der Waals surface area contributed by atoms with Crippen LogP contribution in [0.3, 0.4) is 0 Å². The maximum Gasteiger partial charge on any atom is 0.254 e. The topological polar surface area (TPSA) is 75.4 Å². The van der Waals surface area contributed by atoms with Gasteiger partial charge in [-0.15, -0.1) is 0 Å². The number of nitrogens with one attached hydrogen (secondary N) is 1. The molecule has 0 aliphatic heterocycles. The highest BCUT2D eigenvalue weighted by molar-refractivity contribution is 6.34. The first-order valence-electron chi connectivity index (χ1n) is 7.47. The molecule has 0 unspecified atom stereocenters. The zero-order valence-corrected chi connectivity index (χ0v) is 13.9. The molecule has 22 heavy (non-hydrogen) atoms. The van der Waals surface area contributed by atoms with E-state index in [0.29, 0.717) is 29.2 Å². The van der Waals surface area contributed by atoms with Crippen molar-refractivity contribution in [2.24, 2.45) is 5.73 Å². The number of hydrogen-bond acceptors (Lipinski definition) is 3. The number of anilines is 1. The highest BCUT2D eigenvalue weighted by Gasteiger charge is 2.13. The highest BCUT2D eigenvalue weighted by atomic mass is 35.5. The number of halogens is 1. The van der Waals surface area contributed by atoms with Gasteiger partial charge >= 0.3 is 0 Å². The van der Waals surface area contributed by atoms with Crippen LogP contribution in [0.15, 0.2) is 18.2 Å². The Labute approximate surface area is 136 Å². The van der Waals surface area contributed by atoms with E-state index in [1.807, 2.05) is 0 Å². The predicted molar refractivity (Wildman–Crippen MR) is 90.2 cm³/mol. The molecule has 6 heteroatoms. The maximum absolute atomic E-state index is 12.0. The van der Waals surface area contributed by atoms with Gasteiger partial charge in [0.2, 0.25) is 5.91 Å². The average Bonchev–Trinajstić information content (AvgIpc) is 2.48. The molecule has 5 nitrogen and oxygen atoms in total. The summed E-state index contributed by atoms with van der Waals surface area (Å²) in [6.07, 6.45) is 4.34. The summed E-state index contributed by atoms with van der Waals surface area (Å²) in [6, 6.07) is 4.92. The standard InChI is InChI=1S/C16H24ClN3O2/c1-20(2)16(22)13-11-12(8-9-14(13)17)19-15(21)7-5-3-4-6-10-18/h8-9,11H,3-7,10,18H2,1-2H3,(H,19,21). The van der Waals surface area contributed by atoms with Crippen molar-refractivity contribution in [1.82, 2.24) is 4.90 Å². The maximum atomic E-state index is 12.0. The van der Waals surface area contributed by atoms with Crippen LogP contribution in [0.25, 0.3) is 0 Å². The van der Waals surface area contributed by atoms with Gasteiger partial charge in [0.1, 0.15) is 0 Å². The first-order chi connectivity index (χ1) is 10.5. The van der Waals surface area contributed by atoms with Gasteiger partial charge in [0.25, 0.3) is 5.91 Å². The van der Waals surface area contributed by atoms with Crippen molar-refractivity contribution in [3.05, 3.63) is 28.8 Å². The molecule has 0 aromatic heterocycles. The smallest absolute Gasteiger partial charge is 0.254 e. The van der Waals surface area contributed by atoms with Gasteiger partial charge in [-0.2, -0.15) is 0 Å². The van der Waals surface area contributed by atoms with Crippen molar-refractivity contribution in [3.8, 4) is 0 Å². The van der Waals surface area contributed by atoms with E-state index >= 15 is 0 Å². The summed E-state index contributed by atoms with van der Waals surface area (Å²) in [4.78, 5) is 25.3. The molecule has 0 bridgehead atoms. The highest BCUT2D eigenvalue weighted by Crippen LogP contribution is 2.22. The number of rotatable bonds is 8.